The highest BCUT2D eigenvalue weighted by Gasteiger charge is 2.24. The van der Waals surface area contributed by atoms with Crippen molar-refractivity contribution in [2.45, 2.75) is 33.2 Å². The number of benzene rings is 1. The molecule has 1 atom stereocenters. The van der Waals surface area contributed by atoms with Crippen LogP contribution >= 0.6 is 0 Å². The first-order chi connectivity index (χ1) is 9.94. The van der Waals surface area contributed by atoms with Crippen molar-refractivity contribution in [3.8, 4) is 0 Å². The molecule has 1 aliphatic heterocycles. The molecule has 1 saturated heterocycles. The summed E-state index contributed by atoms with van der Waals surface area (Å²) in [6.07, 6.45) is 0.366. The van der Waals surface area contributed by atoms with E-state index < -0.39 is 6.09 Å². The van der Waals surface area contributed by atoms with Crippen LogP contribution in [0.25, 0.3) is 0 Å². The quantitative estimate of drug-likeness (QED) is 0.899. The second kappa shape index (κ2) is 6.61. The fraction of sp³-hybridized carbons (Fsp3) is 0.500. The third kappa shape index (κ3) is 4.48. The van der Waals surface area contributed by atoms with Gasteiger partial charge in [0, 0.05) is 6.04 Å². The Morgan fingerprint density at radius 2 is 2.00 bits per heavy atom. The van der Waals surface area contributed by atoms with Crippen molar-refractivity contribution in [2.75, 3.05) is 19.7 Å². The molecule has 5 heteroatoms. The number of rotatable bonds is 5. The van der Waals surface area contributed by atoms with Gasteiger partial charge in [-0.15, -0.1) is 0 Å². The van der Waals surface area contributed by atoms with Gasteiger partial charge in [0.05, 0.1) is 6.54 Å². The molecule has 1 heterocycles. The highest BCUT2D eigenvalue weighted by atomic mass is 16.6. The molecule has 0 saturated carbocycles. The van der Waals surface area contributed by atoms with Crippen LogP contribution in [0, 0.1) is 13.8 Å². The lowest BCUT2D eigenvalue weighted by Gasteiger charge is -2.17. The average Bonchev–Trinajstić information content (AvgIpc) is 2.73. The van der Waals surface area contributed by atoms with E-state index in [1.807, 2.05) is 6.92 Å². The molecule has 0 unspecified atom stereocenters. The van der Waals surface area contributed by atoms with Crippen molar-refractivity contribution >= 4 is 12.0 Å². The molecular formula is C16H22N2O3. The van der Waals surface area contributed by atoms with Crippen molar-refractivity contribution < 1.29 is 14.3 Å². The number of nitrogens with one attached hydrogen (secondary N) is 1. The number of carbonyl (C=O) groups excluding carboxylic acids is 2. The lowest BCUT2D eigenvalue weighted by molar-refractivity contribution is -0.122. The molecule has 0 bridgehead atoms. The summed E-state index contributed by atoms with van der Waals surface area (Å²) >= 11 is 0. The number of hydrogen-bond acceptors (Lipinski definition) is 3. The molecule has 0 aliphatic carbocycles. The average molecular weight is 290 g/mol. The molecule has 1 aliphatic rings. The van der Waals surface area contributed by atoms with Gasteiger partial charge in [0.1, 0.15) is 13.2 Å². The maximum absolute atomic E-state index is 11.9. The Morgan fingerprint density at radius 3 is 2.57 bits per heavy atom. The number of carbonyl (C=O) groups is 2. The van der Waals surface area contributed by atoms with Crippen LogP contribution in [0.4, 0.5) is 4.79 Å². The molecule has 2 amide bonds. The van der Waals surface area contributed by atoms with Gasteiger partial charge in [0.2, 0.25) is 5.91 Å². The zero-order valence-electron chi connectivity index (χ0n) is 12.8. The van der Waals surface area contributed by atoms with E-state index in [-0.39, 0.29) is 18.5 Å². The second-order valence-electron chi connectivity index (χ2n) is 5.70. The van der Waals surface area contributed by atoms with E-state index in [2.05, 4.69) is 37.4 Å². The molecule has 0 radical (unpaired) electrons. The summed E-state index contributed by atoms with van der Waals surface area (Å²) in [4.78, 5) is 24.6. The molecule has 5 nitrogen and oxygen atoms in total. The van der Waals surface area contributed by atoms with Crippen LogP contribution in [0.5, 0.6) is 0 Å². The van der Waals surface area contributed by atoms with Gasteiger partial charge in [-0.05, 0) is 32.8 Å². The van der Waals surface area contributed by atoms with Crippen molar-refractivity contribution in [2.24, 2.45) is 0 Å². The van der Waals surface area contributed by atoms with Gasteiger partial charge in [0.25, 0.3) is 0 Å². The summed E-state index contributed by atoms with van der Waals surface area (Å²) in [5, 5.41) is 2.93. The Morgan fingerprint density at radius 1 is 1.33 bits per heavy atom. The highest BCUT2D eigenvalue weighted by molar-refractivity contribution is 5.82. The number of hydrogen-bond donors (Lipinski definition) is 1. The van der Waals surface area contributed by atoms with Crippen LogP contribution in [0.2, 0.25) is 0 Å². The van der Waals surface area contributed by atoms with E-state index >= 15 is 0 Å². The number of aryl methyl sites for hydroxylation is 2. The van der Waals surface area contributed by atoms with Gasteiger partial charge in [-0.25, -0.2) is 4.79 Å². The molecule has 21 heavy (non-hydrogen) atoms. The van der Waals surface area contributed by atoms with Crippen LogP contribution in [-0.4, -0.2) is 42.6 Å². The maximum atomic E-state index is 11.9. The minimum absolute atomic E-state index is 0.0253. The van der Waals surface area contributed by atoms with Gasteiger partial charge < -0.3 is 10.1 Å². The van der Waals surface area contributed by atoms with E-state index in [9.17, 15) is 9.59 Å². The Kier molecular flexibility index (Phi) is 4.83. The minimum atomic E-state index is -0.410. The minimum Gasteiger partial charge on any atom is -0.448 e. The fourth-order valence-corrected chi connectivity index (χ4v) is 2.65. The zero-order chi connectivity index (χ0) is 15.4. The number of amides is 2. The van der Waals surface area contributed by atoms with Crippen LogP contribution in [-0.2, 0) is 16.0 Å². The molecule has 1 aromatic rings. The van der Waals surface area contributed by atoms with Crippen molar-refractivity contribution in [1.29, 1.82) is 0 Å². The summed E-state index contributed by atoms with van der Waals surface area (Å²) in [6, 6.07) is 6.42. The van der Waals surface area contributed by atoms with Crippen LogP contribution in [0.1, 0.15) is 23.6 Å². The van der Waals surface area contributed by atoms with Crippen LogP contribution in [0.15, 0.2) is 18.2 Å². The van der Waals surface area contributed by atoms with E-state index in [1.54, 1.807) is 0 Å². The van der Waals surface area contributed by atoms with Gasteiger partial charge in [-0.1, -0.05) is 29.3 Å². The lowest BCUT2D eigenvalue weighted by atomic mass is 10.0. The number of ether oxygens (including phenoxy) is 1. The van der Waals surface area contributed by atoms with Crippen LogP contribution in [0.3, 0.4) is 0 Å². The smallest absolute Gasteiger partial charge is 0.410 e. The van der Waals surface area contributed by atoms with Crippen molar-refractivity contribution in [3.63, 3.8) is 0 Å². The Balaban J connectivity index is 1.84. The second-order valence-corrected chi connectivity index (χ2v) is 5.70. The number of cyclic esters (lactones) is 1. The van der Waals surface area contributed by atoms with Crippen LogP contribution < -0.4 is 5.32 Å². The molecule has 1 N–H and O–H groups in total. The molecule has 2 rings (SSSR count). The standard InChI is InChI=1S/C16H22N2O3/c1-11-6-12(2)8-14(7-11)9-13(3)17-15(19)10-18-4-5-21-16(18)20/h6-8,13H,4-5,9-10H2,1-3H3,(H,17,19)/t13-/m0/s1. The normalized spacial score (nSPS) is 15.8. The Bertz CT molecular complexity index is 522. The highest BCUT2D eigenvalue weighted by Crippen LogP contribution is 2.11. The predicted octanol–water partition coefficient (Wildman–Crippen LogP) is 1.80. The molecule has 1 aromatic carbocycles. The van der Waals surface area contributed by atoms with E-state index in [1.165, 1.54) is 21.6 Å². The zero-order valence-corrected chi connectivity index (χ0v) is 12.8. The monoisotopic (exact) mass is 290 g/mol. The molecular weight excluding hydrogens is 268 g/mol. The maximum Gasteiger partial charge on any atom is 0.410 e. The first-order valence-corrected chi connectivity index (χ1v) is 7.22. The SMILES string of the molecule is Cc1cc(C)cc(C[C@H](C)NC(=O)CN2CCOC2=O)c1. The Labute approximate surface area is 125 Å². The van der Waals surface area contributed by atoms with Gasteiger partial charge in [-0.3, -0.25) is 9.69 Å². The molecule has 114 valence electrons. The first kappa shape index (κ1) is 15.4. The predicted molar refractivity (Wildman–Crippen MR) is 80.1 cm³/mol. The lowest BCUT2D eigenvalue weighted by Crippen LogP contribution is -2.42. The van der Waals surface area contributed by atoms with Gasteiger partial charge >= 0.3 is 6.09 Å². The summed E-state index contributed by atoms with van der Waals surface area (Å²) in [5.41, 5.74) is 3.66. The summed E-state index contributed by atoms with van der Waals surface area (Å²) in [6.45, 7) is 7.02. The summed E-state index contributed by atoms with van der Waals surface area (Å²) < 4.78 is 4.80. The van der Waals surface area contributed by atoms with E-state index in [0.29, 0.717) is 13.2 Å². The number of nitrogens with zero attached hydrogens (tertiary/aromatic N) is 1. The van der Waals surface area contributed by atoms with Gasteiger partial charge in [-0.2, -0.15) is 0 Å². The summed E-state index contributed by atoms with van der Waals surface area (Å²) in [5.74, 6) is -0.147. The van der Waals surface area contributed by atoms with E-state index in [4.69, 9.17) is 4.74 Å². The summed E-state index contributed by atoms with van der Waals surface area (Å²) in [7, 11) is 0. The first-order valence-electron chi connectivity index (χ1n) is 7.22. The third-order valence-electron chi connectivity index (χ3n) is 3.41. The van der Waals surface area contributed by atoms with Crippen molar-refractivity contribution in [3.05, 3.63) is 34.9 Å². The van der Waals surface area contributed by atoms with E-state index in [0.717, 1.165) is 6.42 Å². The fourth-order valence-electron chi connectivity index (χ4n) is 2.65. The molecule has 1 fully saturated rings. The Hall–Kier alpha value is -2.04. The topological polar surface area (TPSA) is 58.6 Å². The van der Waals surface area contributed by atoms with Gasteiger partial charge in [0.15, 0.2) is 0 Å². The largest absolute Gasteiger partial charge is 0.448 e. The molecule has 0 spiro atoms. The molecule has 0 aromatic heterocycles. The van der Waals surface area contributed by atoms with Crippen molar-refractivity contribution in [1.82, 2.24) is 10.2 Å². The third-order valence-corrected chi connectivity index (χ3v) is 3.41.